The van der Waals surface area contributed by atoms with Crippen LogP contribution in [0.25, 0.3) is 21.9 Å². The summed E-state index contributed by atoms with van der Waals surface area (Å²) in [6, 6.07) is 14.0. The molecule has 0 unspecified atom stereocenters. The van der Waals surface area contributed by atoms with Gasteiger partial charge in [-0.1, -0.05) is 30.3 Å². The number of hydrogen-bond donors (Lipinski definition) is 0. The van der Waals surface area contributed by atoms with Gasteiger partial charge in [0.1, 0.15) is 5.82 Å². The van der Waals surface area contributed by atoms with Crippen molar-refractivity contribution < 1.29 is 32.3 Å². The molecule has 3 heterocycles. The third kappa shape index (κ3) is 4.91. The highest BCUT2D eigenvalue weighted by molar-refractivity contribution is 6.21. The van der Waals surface area contributed by atoms with E-state index in [2.05, 4.69) is 4.98 Å². The first-order valence-electron chi connectivity index (χ1n) is 14.2. The van der Waals surface area contributed by atoms with Crippen molar-refractivity contribution in [1.82, 2.24) is 19.0 Å². The minimum Gasteiger partial charge on any atom is -0.465 e. The van der Waals surface area contributed by atoms with Gasteiger partial charge in [-0.15, -0.1) is 0 Å². The summed E-state index contributed by atoms with van der Waals surface area (Å²) in [5, 5.41) is 0.343. The first kappa shape index (κ1) is 29.2. The van der Waals surface area contributed by atoms with E-state index in [1.807, 2.05) is 4.57 Å². The molecule has 1 saturated heterocycles. The van der Waals surface area contributed by atoms with E-state index in [9.17, 15) is 27.6 Å². The number of methoxy groups -OCH3 is 1. The Labute approximate surface area is 250 Å². The summed E-state index contributed by atoms with van der Waals surface area (Å²) in [4.78, 5) is 46.1. The third-order valence-electron chi connectivity index (χ3n) is 8.29. The predicted molar refractivity (Wildman–Crippen MR) is 158 cm³/mol. The molecule has 1 fully saturated rings. The fourth-order valence-corrected chi connectivity index (χ4v) is 6.01. The van der Waals surface area contributed by atoms with Crippen LogP contribution in [0.3, 0.4) is 0 Å². The van der Waals surface area contributed by atoms with Crippen molar-refractivity contribution in [3.63, 3.8) is 0 Å². The Morgan fingerprint density at radius 2 is 1.61 bits per heavy atom. The standard InChI is InChI=1S/C33H29F3N4O4/c1-19-25(33(34,35)36)13-14-27-29(19)37-20(2)39(27)17-21-9-11-22(12-10-21)30(41)24-18-40(32(43)38-15-4-5-16-38)26-8-6-7-23(28(24)26)31(42)44-3/h6-14,18H,4-5,15-17H2,1-3H3. The average molecular weight is 603 g/mol. The predicted octanol–water partition coefficient (Wildman–Crippen LogP) is 6.76. The van der Waals surface area contributed by atoms with Gasteiger partial charge in [-0.3, -0.25) is 9.36 Å². The molecule has 0 saturated carbocycles. The Hall–Kier alpha value is -4.93. The maximum Gasteiger partial charge on any atom is 0.416 e. The van der Waals surface area contributed by atoms with Gasteiger partial charge in [0.2, 0.25) is 0 Å². The number of imidazole rings is 1. The Kier molecular flexibility index (Phi) is 7.27. The first-order valence-corrected chi connectivity index (χ1v) is 14.2. The number of ether oxygens (including phenoxy) is 1. The van der Waals surface area contributed by atoms with E-state index in [4.69, 9.17) is 4.74 Å². The normalized spacial score (nSPS) is 13.6. The summed E-state index contributed by atoms with van der Waals surface area (Å²) in [7, 11) is 1.26. The lowest BCUT2D eigenvalue weighted by Crippen LogP contribution is -2.31. The molecule has 2 aromatic heterocycles. The minimum atomic E-state index is -4.47. The number of esters is 1. The molecule has 0 atom stereocenters. The highest BCUT2D eigenvalue weighted by atomic mass is 19.4. The molecule has 44 heavy (non-hydrogen) atoms. The van der Waals surface area contributed by atoms with Crippen LogP contribution in [0.5, 0.6) is 0 Å². The van der Waals surface area contributed by atoms with Crippen molar-refractivity contribution in [2.75, 3.05) is 20.2 Å². The molecule has 0 N–H and O–H groups in total. The lowest BCUT2D eigenvalue weighted by molar-refractivity contribution is -0.137. The molecule has 1 aliphatic rings. The monoisotopic (exact) mass is 602 g/mol. The largest absolute Gasteiger partial charge is 0.465 e. The number of fused-ring (bicyclic) bond motifs is 2. The van der Waals surface area contributed by atoms with Crippen molar-refractivity contribution >= 4 is 39.7 Å². The minimum absolute atomic E-state index is 0.0755. The van der Waals surface area contributed by atoms with Gasteiger partial charge < -0.3 is 14.2 Å². The second kappa shape index (κ2) is 11.0. The number of aryl methyl sites for hydroxylation is 2. The van der Waals surface area contributed by atoms with E-state index in [1.165, 1.54) is 30.9 Å². The number of alkyl halides is 3. The van der Waals surface area contributed by atoms with Crippen LogP contribution in [0.4, 0.5) is 18.0 Å². The molecule has 0 bridgehead atoms. The highest BCUT2D eigenvalue weighted by Crippen LogP contribution is 2.35. The number of aromatic nitrogens is 3. The Balaban J connectivity index is 1.35. The molecule has 6 rings (SSSR count). The number of carbonyl (C=O) groups is 3. The molecule has 0 spiro atoms. The van der Waals surface area contributed by atoms with E-state index in [0.29, 0.717) is 53.0 Å². The number of ketones is 1. The summed E-state index contributed by atoms with van der Waals surface area (Å²) in [6.07, 6.45) is -1.17. The van der Waals surface area contributed by atoms with Crippen LogP contribution in [0, 0.1) is 13.8 Å². The van der Waals surface area contributed by atoms with Gasteiger partial charge in [-0.25, -0.2) is 14.6 Å². The zero-order valence-corrected chi connectivity index (χ0v) is 24.4. The molecular formula is C33H29F3N4O4. The zero-order valence-electron chi connectivity index (χ0n) is 24.4. The summed E-state index contributed by atoms with van der Waals surface area (Å²) in [6.45, 7) is 4.73. The van der Waals surface area contributed by atoms with Crippen LogP contribution in [0.1, 0.15) is 61.6 Å². The molecular weight excluding hydrogens is 573 g/mol. The van der Waals surface area contributed by atoms with Crippen LogP contribution >= 0.6 is 0 Å². The van der Waals surface area contributed by atoms with Gasteiger partial charge in [0, 0.05) is 42.3 Å². The highest BCUT2D eigenvalue weighted by Gasteiger charge is 2.33. The smallest absolute Gasteiger partial charge is 0.416 e. The molecule has 8 nitrogen and oxygen atoms in total. The fraction of sp³-hybridized carbons (Fsp3) is 0.273. The second-order valence-electron chi connectivity index (χ2n) is 11.0. The summed E-state index contributed by atoms with van der Waals surface area (Å²) < 4.78 is 48.5. The number of amides is 1. The van der Waals surface area contributed by atoms with Crippen LogP contribution < -0.4 is 0 Å². The molecule has 3 aromatic carbocycles. The summed E-state index contributed by atoms with van der Waals surface area (Å²) in [5.41, 5.74) is 2.23. The van der Waals surface area contributed by atoms with E-state index in [1.54, 1.807) is 54.3 Å². The first-order chi connectivity index (χ1) is 21.0. The molecule has 5 aromatic rings. The number of likely N-dealkylation sites (tertiary alicyclic amines) is 1. The average Bonchev–Trinajstić information content (AvgIpc) is 3.75. The summed E-state index contributed by atoms with van der Waals surface area (Å²) in [5.74, 6) is -0.425. The number of carbonyl (C=O) groups excluding carboxylic acids is 3. The number of nitrogens with zero attached hydrogens (tertiary/aromatic N) is 4. The Morgan fingerprint density at radius 3 is 2.27 bits per heavy atom. The maximum atomic E-state index is 13.9. The third-order valence-corrected chi connectivity index (χ3v) is 8.29. The van der Waals surface area contributed by atoms with Crippen molar-refractivity contribution in [2.24, 2.45) is 0 Å². The molecule has 1 aliphatic heterocycles. The molecule has 0 aliphatic carbocycles. The second-order valence-corrected chi connectivity index (χ2v) is 11.0. The molecule has 0 radical (unpaired) electrons. The van der Waals surface area contributed by atoms with Gasteiger partial charge in [0.05, 0.1) is 34.8 Å². The van der Waals surface area contributed by atoms with Crippen LogP contribution in [-0.2, 0) is 17.5 Å². The van der Waals surface area contributed by atoms with Crippen LogP contribution in [0.15, 0.2) is 60.8 Å². The Morgan fingerprint density at radius 1 is 0.909 bits per heavy atom. The topological polar surface area (TPSA) is 86.4 Å². The fourth-order valence-electron chi connectivity index (χ4n) is 6.01. The zero-order chi connectivity index (χ0) is 31.3. The lowest BCUT2D eigenvalue weighted by atomic mass is 9.98. The van der Waals surface area contributed by atoms with Crippen molar-refractivity contribution in [3.05, 3.63) is 100.0 Å². The van der Waals surface area contributed by atoms with Crippen LogP contribution in [0.2, 0.25) is 0 Å². The number of rotatable bonds is 5. The molecule has 1 amide bonds. The molecule has 11 heteroatoms. The molecule has 226 valence electrons. The van der Waals surface area contributed by atoms with Crippen molar-refractivity contribution in [2.45, 2.75) is 39.4 Å². The van der Waals surface area contributed by atoms with E-state index in [-0.39, 0.29) is 28.5 Å². The number of hydrogen-bond acceptors (Lipinski definition) is 5. The summed E-state index contributed by atoms with van der Waals surface area (Å²) >= 11 is 0. The van der Waals surface area contributed by atoms with Crippen molar-refractivity contribution in [1.29, 1.82) is 0 Å². The van der Waals surface area contributed by atoms with Gasteiger partial charge in [0.25, 0.3) is 0 Å². The Bertz CT molecular complexity index is 1950. The van der Waals surface area contributed by atoms with Gasteiger partial charge in [-0.2, -0.15) is 13.2 Å². The maximum absolute atomic E-state index is 13.9. The van der Waals surface area contributed by atoms with Gasteiger partial charge in [0.15, 0.2) is 5.78 Å². The van der Waals surface area contributed by atoms with Crippen molar-refractivity contribution in [3.8, 4) is 0 Å². The lowest BCUT2D eigenvalue weighted by Gasteiger charge is -2.16. The number of benzene rings is 3. The van der Waals surface area contributed by atoms with Gasteiger partial charge in [-0.05, 0) is 62.1 Å². The van der Waals surface area contributed by atoms with E-state index >= 15 is 0 Å². The quantitative estimate of drug-likeness (QED) is 0.164. The SMILES string of the molecule is COC(=O)c1cccc2c1c(C(=O)c1ccc(Cn3c(C)nc4c(C)c(C(F)(F)F)ccc43)cc1)cn2C(=O)N1CCCC1. The van der Waals surface area contributed by atoms with Gasteiger partial charge >= 0.3 is 18.2 Å². The van der Waals surface area contributed by atoms with E-state index in [0.717, 1.165) is 24.5 Å². The number of halogens is 3. The van der Waals surface area contributed by atoms with E-state index < -0.39 is 17.7 Å². The van der Waals surface area contributed by atoms with Crippen LogP contribution in [-0.4, -0.2) is 57.0 Å².